The van der Waals surface area contributed by atoms with Gasteiger partial charge in [0, 0.05) is 58.1 Å². The van der Waals surface area contributed by atoms with Gasteiger partial charge in [-0.1, -0.05) is 58.0 Å². The molecule has 1 aliphatic rings. The lowest BCUT2D eigenvalue weighted by Gasteiger charge is -2.34. The van der Waals surface area contributed by atoms with E-state index in [9.17, 15) is 24.0 Å². The molecule has 2 heterocycles. The summed E-state index contributed by atoms with van der Waals surface area (Å²) >= 11 is 1.18. The van der Waals surface area contributed by atoms with Crippen molar-refractivity contribution in [2.24, 2.45) is 17.8 Å². The van der Waals surface area contributed by atoms with Gasteiger partial charge in [0.05, 0.1) is 0 Å². The van der Waals surface area contributed by atoms with Gasteiger partial charge in [-0.2, -0.15) is 0 Å². The van der Waals surface area contributed by atoms with Gasteiger partial charge in [-0.3, -0.25) is 24.0 Å². The highest BCUT2D eigenvalue weighted by Crippen LogP contribution is 2.31. The predicted octanol–water partition coefficient (Wildman–Crippen LogP) is 4.85. The van der Waals surface area contributed by atoms with Crippen molar-refractivity contribution in [3.8, 4) is 0 Å². The Labute approximate surface area is 269 Å². The highest BCUT2D eigenvalue weighted by Gasteiger charge is 2.44. The van der Waals surface area contributed by atoms with Crippen molar-refractivity contribution in [1.82, 2.24) is 15.2 Å². The second-order valence-electron chi connectivity index (χ2n) is 12.7. The zero-order chi connectivity index (χ0) is 33.5. The molecule has 0 saturated carbocycles. The van der Waals surface area contributed by atoms with Gasteiger partial charge in [-0.15, -0.1) is 11.3 Å². The van der Waals surface area contributed by atoms with Gasteiger partial charge in [-0.25, -0.2) is 4.98 Å². The van der Waals surface area contributed by atoms with Crippen molar-refractivity contribution in [2.45, 2.75) is 98.1 Å². The molecule has 246 valence electrons. The molecular weight excluding hydrogens is 598 g/mol. The summed E-state index contributed by atoms with van der Waals surface area (Å²) in [6, 6.07) is 8.49. The fraction of sp³-hybridized carbons (Fsp3) is 0.576. The van der Waals surface area contributed by atoms with E-state index in [2.05, 4.69) is 10.3 Å². The van der Waals surface area contributed by atoms with Crippen molar-refractivity contribution in [1.29, 1.82) is 0 Å². The van der Waals surface area contributed by atoms with Crippen LogP contribution in [0.2, 0.25) is 0 Å². The number of esters is 3. The first-order valence-corrected chi connectivity index (χ1v) is 16.1. The van der Waals surface area contributed by atoms with Gasteiger partial charge in [0.1, 0.15) is 10.7 Å². The molecule has 0 unspecified atom stereocenters. The number of rotatable bonds is 14. The van der Waals surface area contributed by atoms with Gasteiger partial charge in [0.25, 0.3) is 11.7 Å². The Morgan fingerprint density at radius 2 is 1.69 bits per heavy atom. The third kappa shape index (κ3) is 10.4. The number of amides is 2. The second kappa shape index (κ2) is 15.5. The lowest BCUT2D eigenvalue weighted by molar-refractivity contribution is -0.240. The van der Waals surface area contributed by atoms with Crippen molar-refractivity contribution < 1.29 is 38.2 Å². The topological polar surface area (TPSA) is 141 Å². The molecule has 12 heteroatoms. The molecular formula is C33H45N3O8S. The molecule has 1 fully saturated rings. The summed E-state index contributed by atoms with van der Waals surface area (Å²) in [6.45, 7) is 12.2. The number of cyclic esters (lactones) is 2. The van der Waals surface area contributed by atoms with Crippen molar-refractivity contribution >= 4 is 41.1 Å². The number of thiazole rings is 1. The van der Waals surface area contributed by atoms with E-state index >= 15 is 0 Å². The third-order valence-electron chi connectivity index (χ3n) is 7.48. The van der Waals surface area contributed by atoms with Crippen LogP contribution in [0.1, 0.15) is 94.9 Å². The zero-order valence-corrected chi connectivity index (χ0v) is 28.1. The molecule has 3 atom stereocenters. The predicted molar refractivity (Wildman–Crippen MR) is 168 cm³/mol. The molecule has 1 N–H and O–H groups in total. The van der Waals surface area contributed by atoms with E-state index in [0.717, 1.165) is 5.56 Å². The van der Waals surface area contributed by atoms with E-state index in [0.29, 0.717) is 24.3 Å². The molecule has 0 bridgehead atoms. The number of carbonyl (C=O) groups is 5. The lowest BCUT2D eigenvalue weighted by Crippen LogP contribution is -2.49. The third-order valence-corrected chi connectivity index (χ3v) is 8.42. The van der Waals surface area contributed by atoms with E-state index in [1.807, 2.05) is 58.0 Å². The monoisotopic (exact) mass is 643 g/mol. The first-order chi connectivity index (χ1) is 21.1. The molecule has 11 nitrogen and oxygen atoms in total. The van der Waals surface area contributed by atoms with Gasteiger partial charge in [0.15, 0.2) is 12.0 Å². The minimum absolute atomic E-state index is 0.00299. The normalized spacial score (nSPS) is 16.8. The molecule has 1 saturated heterocycles. The summed E-state index contributed by atoms with van der Waals surface area (Å²) in [5, 5.41) is 4.92. The molecule has 2 amide bonds. The van der Waals surface area contributed by atoms with E-state index in [4.69, 9.17) is 14.2 Å². The van der Waals surface area contributed by atoms with E-state index in [1.165, 1.54) is 32.1 Å². The van der Waals surface area contributed by atoms with Gasteiger partial charge in [-0.05, 0) is 30.2 Å². The van der Waals surface area contributed by atoms with Crippen LogP contribution in [-0.2, 0) is 39.8 Å². The van der Waals surface area contributed by atoms with Crippen LogP contribution >= 0.6 is 11.3 Å². The van der Waals surface area contributed by atoms with Gasteiger partial charge in [0.2, 0.25) is 5.91 Å². The lowest BCUT2D eigenvalue weighted by atomic mass is 9.94. The van der Waals surface area contributed by atoms with Crippen LogP contribution in [0.3, 0.4) is 0 Å². The van der Waals surface area contributed by atoms with Crippen molar-refractivity contribution in [3.63, 3.8) is 0 Å². The molecule has 0 spiro atoms. The van der Waals surface area contributed by atoms with Crippen LogP contribution in [0, 0.1) is 17.8 Å². The van der Waals surface area contributed by atoms with E-state index in [-0.39, 0.29) is 35.9 Å². The molecule has 45 heavy (non-hydrogen) atoms. The number of ether oxygens (including phenoxy) is 3. The second-order valence-corrected chi connectivity index (χ2v) is 13.6. The Bertz CT molecular complexity index is 1340. The van der Waals surface area contributed by atoms with Crippen molar-refractivity contribution in [3.05, 3.63) is 52.0 Å². The maximum absolute atomic E-state index is 13.5. The maximum Gasteiger partial charge on any atom is 0.323 e. The fourth-order valence-corrected chi connectivity index (χ4v) is 6.13. The van der Waals surface area contributed by atoms with Crippen LogP contribution in [0.15, 0.2) is 35.7 Å². The van der Waals surface area contributed by atoms with Crippen LogP contribution in [0.5, 0.6) is 0 Å². The molecule has 2 aromatic rings. The largest absolute Gasteiger partial charge is 0.455 e. The van der Waals surface area contributed by atoms with Gasteiger partial charge >= 0.3 is 17.9 Å². The number of hydrogen-bond acceptors (Lipinski definition) is 10. The Hall–Kier alpha value is -3.80. The van der Waals surface area contributed by atoms with Gasteiger partial charge < -0.3 is 24.4 Å². The molecule has 1 aliphatic heterocycles. The first-order valence-electron chi connectivity index (χ1n) is 15.2. The number of carbonyl (C=O) groups excluding carboxylic acids is 5. The molecule has 0 aliphatic carbocycles. The number of nitrogens with zero attached hydrogens (tertiary/aromatic N) is 2. The number of hydrogen-bond donors (Lipinski definition) is 1. The standard InChI is InChI=1S/C33H45N3O8S/c1-19(2)14-28(38)36(8)26(20(3)4)17-27(42-21(5)37)30-35-25(18-45-30)29(39)34-23(15-22-12-10-9-11-13-22)16-24-31(40)43-33(6,7)44-32(24)41/h9-13,18-20,23-24,26-27H,14-17H2,1-8H3,(H,34,39)/t23-,26+,27+/m0/s1. The highest BCUT2D eigenvalue weighted by molar-refractivity contribution is 7.09. The Morgan fingerprint density at radius 1 is 1.07 bits per heavy atom. The number of benzene rings is 1. The Morgan fingerprint density at radius 3 is 2.24 bits per heavy atom. The smallest absolute Gasteiger partial charge is 0.323 e. The highest BCUT2D eigenvalue weighted by atomic mass is 32.1. The molecule has 3 rings (SSSR count). The quantitative estimate of drug-likeness (QED) is 0.226. The fourth-order valence-electron chi connectivity index (χ4n) is 5.29. The minimum Gasteiger partial charge on any atom is -0.455 e. The molecule has 1 aromatic heterocycles. The van der Waals surface area contributed by atoms with E-state index < -0.39 is 47.7 Å². The van der Waals surface area contributed by atoms with Crippen LogP contribution in [-0.4, -0.2) is 64.5 Å². The summed E-state index contributed by atoms with van der Waals surface area (Å²) in [7, 11) is 1.76. The summed E-state index contributed by atoms with van der Waals surface area (Å²) in [5.74, 6) is -4.72. The van der Waals surface area contributed by atoms with Crippen LogP contribution in [0.25, 0.3) is 0 Å². The summed E-state index contributed by atoms with van der Waals surface area (Å²) in [6.07, 6.45) is 0.246. The average Bonchev–Trinajstić information content (AvgIpc) is 3.42. The summed E-state index contributed by atoms with van der Waals surface area (Å²) < 4.78 is 16.2. The number of nitrogens with one attached hydrogen (secondary N) is 1. The average molecular weight is 644 g/mol. The summed E-state index contributed by atoms with van der Waals surface area (Å²) in [4.78, 5) is 70.1. The molecule has 1 aromatic carbocycles. The minimum atomic E-state index is -1.36. The van der Waals surface area contributed by atoms with Crippen molar-refractivity contribution in [2.75, 3.05) is 7.05 Å². The van der Waals surface area contributed by atoms with Crippen LogP contribution < -0.4 is 5.32 Å². The Balaban J connectivity index is 1.81. The Kier molecular flexibility index (Phi) is 12.3. The first kappa shape index (κ1) is 35.7. The zero-order valence-electron chi connectivity index (χ0n) is 27.3. The maximum atomic E-state index is 13.5. The summed E-state index contributed by atoms with van der Waals surface area (Å²) in [5.41, 5.74) is 0.996. The van der Waals surface area contributed by atoms with Crippen LogP contribution in [0.4, 0.5) is 0 Å². The molecule has 0 radical (unpaired) electrons. The van der Waals surface area contributed by atoms with E-state index in [1.54, 1.807) is 17.3 Å². The SMILES string of the molecule is CC(=O)O[C@H](C[C@H](C(C)C)N(C)C(=O)CC(C)C)c1nc(C(=O)N[C@@H](Cc2ccccc2)CC2C(=O)OC(C)(C)OC2=O)cs1. The number of aromatic nitrogens is 1.